The predicted molar refractivity (Wildman–Crippen MR) is 90.2 cm³/mol. The fraction of sp³-hybridized carbons (Fsp3) is 0.316. The van der Waals surface area contributed by atoms with E-state index in [1.807, 2.05) is 31.2 Å². The van der Waals surface area contributed by atoms with Crippen molar-refractivity contribution in [2.45, 2.75) is 34.2 Å². The molecule has 24 heavy (non-hydrogen) atoms. The van der Waals surface area contributed by atoms with Crippen LogP contribution in [0.3, 0.4) is 0 Å². The van der Waals surface area contributed by atoms with Gasteiger partial charge in [-0.1, -0.05) is 19.6 Å². The van der Waals surface area contributed by atoms with Crippen molar-refractivity contribution in [2.75, 3.05) is 7.11 Å². The highest BCUT2D eigenvalue weighted by atomic mass is 16.5. The van der Waals surface area contributed by atoms with Crippen LogP contribution >= 0.6 is 0 Å². The second kappa shape index (κ2) is 7.36. The molecule has 0 unspecified atom stereocenters. The maximum atomic E-state index is 11.6. The van der Waals surface area contributed by atoms with Crippen molar-refractivity contribution in [1.29, 1.82) is 0 Å². The van der Waals surface area contributed by atoms with E-state index in [9.17, 15) is 9.90 Å². The first-order valence-electron chi connectivity index (χ1n) is 7.32. The van der Waals surface area contributed by atoms with Gasteiger partial charge in [0.25, 0.3) is 0 Å². The van der Waals surface area contributed by atoms with Gasteiger partial charge >= 0.3 is 5.97 Å². The molecule has 0 amide bonds. The molecular formula is C19H22O5. The summed E-state index contributed by atoms with van der Waals surface area (Å²) in [6.45, 7) is 2.93. The van der Waals surface area contributed by atoms with Crippen molar-refractivity contribution in [3.8, 4) is 11.5 Å². The number of cyclic esters (lactones) is 1. The van der Waals surface area contributed by atoms with E-state index < -0.39 is 5.97 Å². The van der Waals surface area contributed by atoms with Gasteiger partial charge in [0.1, 0.15) is 23.7 Å². The van der Waals surface area contributed by atoms with E-state index in [-0.39, 0.29) is 25.3 Å². The van der Waals surface area contributed by atoms with Crippen LogP contribution < -0.4 is 4.74 Å². The van der Waals surface area contributed by atoms with E-state index in [0.717, 1.165) is 28.0 Å². The third kappa shape index (κ3) is 3.36. The molecule has 5 heteroatoms. The molecule has 5 nitrogen and oxygen atoms in total. The van der Waals surface area contributed by atoms with Crippen molar-refractivity contribution < 1.29 is 24.1 Å². The van der Waals surface area contributed by atoms with Crippen LogP contribution in [-0.2, 0) is 29.3 Å². The second-order valence-electron chi connectivity index (χ2n) is 5.45. The average Bonchev–Trinajstić information content (AvgIpc) is 2.95. The number of benzene rings is 2. The van der Waals surface area contributed by atoms with Gasteiger partial charge < -0.3 is 19.3 Å². The number of phenolic OH excluding ortho intramolecular Hbond substituents is 1. The minimum atomic E-state index is -0.466. The molecule has 0 saturated carbocycles. The van der Waals surface area contributed by atoms with Crippen LogP contribution in [0.25, 0.3) is 0 Å². The lowest BCUT2D eigenvalue weighted by Crippen LogP contribution is -2.01. The van der Waals surface area contributed by atoms with Crippen LogP contribution in [0.4, 0.5) is 0 Å². The second-order valence-corrected chi connectivity index (χ2v) is 5.45. The third-order valence-electron chi connectivity index (χ3n) is 4.04. The van der Waals surface area contributed by atoms with Crippen molar-refractivity contribution in [3.05, 3.63) is 58.1 Å². The molecule has 0 bridgehead atoms. The van der Waals surface area contributed by atoms with Crippen molar-refractivity contribution >= 4 is 5.97 Å². The van der Waals surface area contributed by atoms with Gasteiger partial charge in [0.15, 0.2) is 0 Å². The molecule has 1 N–H and O–H groups in total. The number of hydrogen-bond donors (Lipinski definition) is 1. The Balaban J connectivity index is 0.00000208. The standard InChI is InChI=1S/C18H18O5.CH4/c1-11-13(7-16(19)17-15(11)10-23-18(17)20)9-22-8-12-3-5-14(21-2)6-4-12;/h3-7,19H,8-10H2,1-2H3;1H4. The Morgan fingerprint density at radius 1 is 1.21 bits per heavy atom. The summed E-state index contributed by atoms with van der Waals surface area (Å²) >= 11 is 0. The number of methoxy groups -OCH3 is 1. The maximum Gasteiger partial charge on any atom is 0.342 e. The molecule has 2 aromatic carbocycles. The Hall–Kier alpha value is -2.53. The number of ether oxygens (including phenoxy) is 3. The summed E-state index contributed by atoms with van der Waals surface area (Å²) in [4.78, 5) is 11.6. The number of fused-ring (bicyclic) bond motifs is 1. The minimum Gasteiger partial charge on any atom is -0.507 e. The third-order valence-corrected chi connectivity index (χ3v) is 4.04. The molecule has 3 rings (SSSR count). The Bertz CT molecular complexity index is 734. The van der Waals surface area contributed by atoms with Gasteiger partial charge in [-0.25, -0.2) is 4.79 Å². The topological polar surface area (TPSA) is 65.0 Å². The Labute approximate surface area is 141 Å². The van der Waals surface area contributed by atoms with Gasteiger partial charge in [-0.15, -0.1) is 0 Å². The molecular weight excluding hydrogens is 308 g/mol. The van der Waals surface area contributed by atoms with Gasteiger partial charge in [0.05, 0.1) is 20.3 Å². The summed E-state index contributed by atoms with van der Waals surface area (Å²) in [6.07, 6.45) is 0. The zero-order chi connectivity index (χ0) is 16.4. The molecule has 0 fully saturated rings. The first-order valence-corrected chi connectivity index (χ1v) is 7.32. The van der Waals surface area contributed by atoms with Crippen LogP contribution in [0.15, 0.2) is 30.3 Å². The number of hydrogen-bond acceptors (Lipinski definition) is 5. The maximum absolute atomic E-state index is 11.6. The van der Waals surface area contributed by atoms with Crippen molar-refractivity contribution in [2.24, 2.45) is 0 Å². The van der Waals surface area contributed by atoms with Crippen molar-refractivity contribution in [3.63, 3.8) is 0 Å². The van der Waals surface area contributed by atoms with E-state index in [1.165, 1.54) is 0 Å². The summed E-state index contributed by atoms with van der Waals surface area (Å²) in [7, 11) is 1.63. The fourth-order valence-corrected chi connectivity index (χ4v) is 2.65. The Morgan fingerprint density at radius 3 is 2.58 bits per heavy atom. The summed E-state index contributed by atoms with van der Waals surface area (Å²) in [6, 6.07) is 9.23. The number of carbonyl (C=O) groups is 1. The fourth-order valence-electron chi connectivity index (χ4n) is 2.65. The van der Waals surface area contributed by atoms with Crippen LogP contribution in [0.1, 0.15) is 40.0 Å². The van der Waals surface area contributed by atoms with E-state index in [4.69, 9.17) is 14.2 Å². The number of phenols is 1. The molecule has 0 spiro atoms. The number of esters is 1. The highest BCUT2D eigenvalue weighted by Crippen LogP contribution is 2.33. The summed E-state index contributed by atoms with van der Waals surface area (Å²) in [5.41, 5.74) is 3.85. The zero-order valence-corrected chi connectivity index (χ0v) is 13.1. The molecule has 1 heterocycles. The SMILES string of the molecule is C.COc1ccc(COCc2cc(O)c3c(c2C)COC3=O)cc1. The first-order chi connectivity index (χ1) is 11.1. The van der Waals surface area contributed by atoms with Crippen LogP contribution in [-0.4, -0.2) is 18.2 Å². The lowest BCUT2D eigenvalue weighted by atomic mass is 9.98. The molecule has 1 aliphatic rings. The van der Waals surface area contributed by atoms with Crippen LogP contribution in [0.2, 0.25) is 0 Å². The summed E-state index contributed by atoms with van der Waals surface area (Å²) < 4.78 is 15.8. The van der Waals surface area contributed by atoms with Gasteiger partial charge in [0, 0.05) is 5.56 Å². The smallest absolute Gasteiger partial charge is 0.342 e. The molecule has 1 aliphatic heterocycles. The van der Waals surface area contributed by atoms with E-state index in [1.54, 1.807) is 13.2 Å². The highest BCUT2D eigenvalue weighted by molar-refractivity contribution is 5.96. The quantitative estimate of drug-likeness (QED) is 0.846. The lowest BCUT2D eigenvalue weighted by Gasteiger charge is -2.11. The average molecular weight is 330 g/mol. The van der Waals surface area contributed by atoms with Crippen molar-refractivity contribution in [1.82, 2.24) is 0 Å². The Morgan fingerprint density at radius 2 is 1.92 bits per heavy atom. The van der Waals surface area contributed by atoms with E-state index in [0.29, 0.717) is 13.2 Å². The highest BCUT2D eigenvalue weighted by Gasteiger charge is 2.28. The van der Waals surface area contributed by atoms with Gasteiger partial charge in [-0.05, 0) is 41.8 Å². The normalized spacial score (nSPS) is 12.3. The first kappa shape index (κ1) is 17.8. The molecule has 0 atom stereocenters. The molecule has 0 aliphatic carbocycles. The lowest BCUT2D eigenvalue weighted by molar-refractivity contribution is 0.0533. The van der Waals surface area contributed by atoms with Gasteiger partial charge in [-0.2, -0.15) is 0 Å². The molecule has 0 radical (unpaired) electrons. The minimum absolute atomic E-state index is 0. The van der Waals surface area contributed by atoms with Crippen LogP contribution in [0, 0.1) is 6.92 Å². The van der Waals surface area contributed by atoms with Gasteiger partial charge in [0.2, 0.25) is 0 Å². The largest absolute Gasteiger partial charge is 0.507 e. The van der Waals surface area contributed by atoms with Crippen LogP contribution in [0.5, 0.6) is 11.5 Å². The van der Waals surface area contributed by atoms with Gasteiger partial charge in [-0.3, -0.25) is 0 Å². The predicted octanol–water partition coefficient (Wildman–Crippen LogP) is 3.73. The number of aromatic hydroxyl groups is 1. The van der Waals surface area contributed by atoms with E-state index >= 15 is 0 Å². The number of carbonyl (C=O) groups excluding carboxylic acids is 1. The monoisotopic (exact) mass is 330 g/mol. The summed E-state index contributed by atoms with van der Waals surface area (Å²) in [5, 5.41) is 10.0. The molecule has 0 saturated heterocycles. The Kier molecular flexibility index (Phi) is 5.46. The molecule has 2 aromatic rings. The zero-order valence-electron chi connectivity index (χ0n) is 13.1. The molecule has 128 valence electrons. The number of rotatable bonds is 5. The summed E-state index contributed by atoms with van der Waals surface area (Å²) in [5.74, 6) is 0.292. The molecule has 0 aromatic heterocycles. The van der Waals surface area contributed by atoms with E-state index in [2.05, 4.69) is 0 Å².